The lowest BCUT2D eigenvalue weighted by atomic mass is 9.92. The number of carbonyl (C=O) groups excluding carboxylic acids is 1. The predicted molar refractivity (Wildman–Crippen MR) is 220 cm³/mol. The number of rotatable bonds is 19. The Hall–Kier alpha value is -2.00. The highest BCUT2D eigenvalue weighted by Crippen LogP contribution is 2.39. The molecule has 3 aliphatic rings. The Morgan fingerprint density at radius 1 is 0.926 bits per heavy atom. The lowest BCUT2D eigenvalue weighted by Crippen LogP contribution is -2.67. The van der Waals surface area contributed by atoms with Crippen LogP contribution in [-0.4, -0.2) is 84.8 Å². The molecule has 0 bridgehead atoms. The van der Waals surface area contributed by atoms with E-state index in [1.165, 1.54) is 10.4 Å². The molecular weight excluding hydrogens is 713 g/mol. The van der Waals surface area contributed by atoms with Gasteiger partial charge in [0.1, 0.15) is 11.9 Å². The van der Waals surface area contributed by atoms with Crippen LogP contribution in [0.25, 0.3) is 0 Å². The fourth-order valence-electron chi connectivity index (χ4n) is 8.65. The van der Waals surface area contributed by atoms with Crippen LogP contribution in [0.4, 0.5) is 0 Å². The molecule has 0 N–H and O–H groups in total. The molecule has 0 aliphatic carbocycles. The molecule has 2 aromatic carbocycles. The monoisotopic (exact) mass is 780 g/mol. The molecule has 10 heteroatoms. The molecule has 3 aliphatic heterocycles. The highest BCUT2D eigenvalue weighted by Gasteiger charge is 2.51. The highest BCUT2D eigenvalue weighted by molar-refractivity contribution is 6.99. The summed E-state index contributed by atoms with van der Waals surface area (Å²) in [6.45, 7) is 21.7. The molecule has 0 spiro atoms. The molecule has 5 rings (SSSR count). The molecule has 0 amide bonds. The summed E-state index contributed by atoms with van der Waals surface area (Å²) in [6, 6.07) is 24.7. The maximum atomic E-state index is 13.8. The summed E-state index contributed by atoms with van der Waals surface area (Å²) in [5.41, 5.74) is 0. The van der Waals surface area contributed by atoms with Gasteiger partial charge in [0.15, 0.2) is 19.9 Å². The average molecular weight is 781 g/mol. The minimum Gasteiger partial charge on any atom is -0.411 e. The van der Waals surface area contributed by atoms with Gasteiger partial charge in [-0.15, -0.1) is 0 Å². The Labute approximate surface area is 327 Å². The summed E-state index contributed by atoms with van der Waals surface area (Å²) < 4.78 is 45.3. The van der Waals surface area contributed by atoms with Crippen molar-refractivity contribution in [1.82, 2.24) is 0 Å². The van der Waals surface area contributed by atoms with Crippen LogP contribution in [0.2, 0.25) is 23.2 Å². The van der Waals surface area contributed by atoms with E-state index in [-0.39, 0.29) is 41.2 Å². The second-order valence-electron chi connectivity index (χ2n) is 17.1. The Kier molecular flexibility index (Phi) is 14.8. The fourth-order valence-corrected chi connectivity index (χ4v) is 16.1. The predicted octanol–water partition coefficient (Wildman–Crippen LogP) is 8.33. The molecule has 0 aromatic heterocycles. The van der Waals surface area contributed by atoms with Crippen molar-refractivity contribution >= 4 is 32.8 Å². The number of ether oxygens (including phenoxy) is 5. The van der Waals surface area contributed by atoms with Gasteiger partial charge in [0, 0.05) is 31.6 Å². The van der Waals surface area contributed by atoms with Gasteiger partial charge in [-0.2, -0.15) is 0 Å². The number of ketones is 1. The van der Waals surface area contributed by atoms with Crippen molar-refractivity contribution in [3.8, 4) is 0 Å². The second kappa shape index (κ2) is 18.5. The van der Waals surface area contributed by atoms with E-state index >= 15 is 0 Å². The maximum absolute atomic E-state index is 13.8. The summed E-state index contributed by atoms with van der Waals surface area (Å²) >= 11 is 0. The molecule has 5 atom stereocenters. The van der Waals surface area contributed by atoms with Crippen LogP contribution in [0.1, 0.15) is 94.4 Å². The molecule has 54 heavy (non-hydrogen) atoms. The Morgan fingerprint density at radius 2 is 1.52 bits per heavy atom. The summed E-state index contributed by atoms with van der Waals surface area (Å²) in [7, 11) is -4.70. The first kappa shape index (κ1) is 43.1. The van der Waals surface area contributed by atoms with E-state index in [0.29, 0.717) is 52.1 Å². The number of hydrogen-bond donors (Lipinski definition) is 0. The number of Topliss-reactive ketones (excluding diaryl/α,β-unsaturated/α-hetero) is 1. The van der Waals surface area contributed by atoms with Crippen molar-refractivity contribution in [2.24, 2.45) is 5.92 Å². The summed E-state index contributed by atoms with van der Waals surface area (Å²) in [5.74, 6) is -1.37. The number of hydrogen-bond acceptors (Lipinski definition) is 8. The van der Waals surface area contributed by atoms with Crippen molar-refractivity contribution in [2.45, 2.75) is 154 Å². The third-order valence-electron chi connectivity index (χ3n) is 12.0. The van der Waals surface area contributed by atoms with Crippen molar-refractivity contribution in [3.05, 3.63) is 72.8 Å². The maximum Gasteiger partial charge on any atom is 0.261 e. The van der Waals surface area contributed by atoms with Gasteiger partial charge in [0.2, 0.25) is 0 Å². The molecule has 300 valence electrons. The van der Waals surface area contributed by atoms with E-state index in [4.69, 9.17) is 32.5 Å². The molecular formula is C44H68O8Si2. The fraction of sp³-hybridized carbons (Fsp3) is 0.659. The van der Waals surface area contributed by atoms with Gasteiger partial charge in [0.05, 0.1) is 44.7 Å². The number of carbonyl (C=O) groups is 1. The Morgan fingerprint density at radius 3 is 2.04 bits per heavy atom. The zero-order valence-corrected chi connectivity index (χ0v) is 36.6. The largest absolute Gasteiger partial charge is 0.411 e. The van der Waals surface area contributed by atoms with E-state index < -0.39 is 28.2 Å². The second-order valence-corrected chi connectivity index (χ2v) is 26.1. The zero-order chi connectivity index (χ0) is 39.0. The minimum absolute atomic E-state index is 0.0655. The van der Waals surface area contributed by atoms with Gasteiger partial charge in [-0.1, -0.05) is 121 Å². The van der Waals surface area contributed by atoms with E-state index in [2.05, 4.69) is 102 Å². The SMILES string of the molecule is CC[Si](CC)(CC)O[C@@H]1C[C@@H](CO[Si](c2ccccc2)(c2ccccc2)C(C)(C)C)O[C@@H]1C[C@@H](C)C(=O)CCC1(C/C=C/[C@H]2COC(C)(C)O2)OCCO1. The normalized spacial score (nSPS) is 25.1. The van der Waals surface area contributed by atoms with Gasteiger partial charge in [-0.3, -0.25) is 4.79 Å². The first-order valence-corrected chi connectivity index (χ1v) is 25.0. The van der Waals surface area contributed by atoms with Crippen molar-refractivity contribution in [1.29, 1.82) is 0 Å². The van der Waals surface area contributed by atoms with Gasteiger partial charge in [-0.25, -0.2) is 0 Å². The molecule has 0 radical (unpaired) electrons. The molecule has 3 fully saturated rings. The first-order chi connectivity index (χ1) is 25.7. The smallest absolute Gasteiger partial charge is 0.261 e. The van der Waals surface area contributed by atoms with Gasteiger partial charge < -0.3 is 32.5 Å². The van der Waals surface area contributed by atoms with Crippen LogP contribution in [0, 0.1) is 5.92 Å². The lowest BCUT2D eigenvalue weighted by molar-refractivity contribution is -0.163. The third-order valence-corrected chi connectivity index (χ3v) is 21.7. The van der Waals surface area contributed by atoms with Crippen molar-refractivity contribution < 1.29 is 37.3 Å². The average Bonchev–Trinajstić information content (AvgIpc) is 3.88. The van der Waals surface area contributed by atoms with Crippen LogP contribution in [0.3, 0.4) is 0 Å². The summed E-state index contributed by atoms with van der Waals surface area (Å²) in [5, 5.41) is 2.38. The molecule has 0 unspecified atom stereocenters. The van der Waals surface area contributed by atoms with Crippen LogP contribution in [0.5, 0.6) is 0 Å². The first-order valence-electron chi connectivity index (χ1n) is 20.6. The van der Waals surface area contributed by atoms with Gasteiger partial charge >= 0.3 is 0 Å². The standard InChI is InChI=1S/C44H68O8Si2/c1-10-53(11-2,12-3)52-41-31-36(33-49-54(42(5,6)7,37-21-15-13-16-22-37)38-23-17-14-18-24-38)50-40(41)30-34(4)39(45)25-27-44(46-28-29-47-44)26-19-20-35-32-48-43(8,9)51-35/h13-24,34-36,40-41H,10-12,25-33H2,1-9H3/b20-19+/t34-,35+,36+,40-,41-/m1/s1. The summed E-state index contributed by atoms with van der Waals surface area (Å²) in [6.07, 6.45) is 6.41. The van der Waals surface area contributed by atoms with Crippen LogP contribution < -0.4 is 10.4 Å². The van der Waals surface area contributed by atoms with E-state index in [1.54, 1.807) is 0 Å². The lowest BCUT2D eigenvalue weighted by Gasteiger charge is -2.43. The molecule has 0 saturated carbocycles. The zero-order valence-electron chi connectivity index (χ0n) is 34.6. The van der Waals surface area contributed by atoms with E-state index in [1.807, 2.05) is 32.9 Å². The van der Waals surface area contributed by atoms with E-state index in [9.17, 15) is 4.79 Å². The van der Waals surface area contributed by atoms with Gasteiger partial charge in [-0.05, 0) is 53.8 Å². The Bertz CT molecular complexity index is 1440. The highest BCUT2D eigenvalue weighted by atomic mass is 28.4. The Balaban J connectivity index is 1.28. The van der Waals surface area contributed by atoms with Crippen LogP contribution in [-0.2, 0) is 37.3 Å². The third kappa shape index (κ3) is 10.3. The summed E-state index contributed by atoms with van der Waals surface area (Å²) in [4.78, 5) is 13.8. The van der Waals surface area contributed by atoms with E-state index in [0.717, 1.165) is 24.6 Å². The molecule has 3 saturated heterocycles. The van der Waals surface area contributed by atoms with Crippen LogP contribution in [0.15, 0.2) is 72.8 Å². The molecule has 3 heterocycles. The van der Waals surface area contributed by atoms with Crippen molar-refractivity contribution in [3.63, 3.8) is 0 Å². The van der Waals surface area contributed by atoms with Crippen LogP contribution >= 0.6 is 0 Å². The van der Waals surface area contributed by atoms with Gasteiger partial charge in [0.25, 0.3) is 8.32 Å². The number of benzene rings is 2. The molecule has 2 aromatic rings. The molecule has 8 nitrogen and oxygen atoms in total. The minimum atomic E-state index is -2.74. The quantitative estimate of drug-likeness (QED) is 0.104. The van der Waals surface area contributed by atoms with Crippen molar-refractivity contribution in [2.75, 3.05) is 26.4 Å². The topological polar surface area (TPSA) is 81.7 Å².